The van der Waals surface area contributed by atoms with Crippen LogP contribution in [0.1, 0.15) is 32.7 Å². The van der Waals surface area contributed by atoms with Crippen molar-refractivity contribution in [3.05, 3.63) is 81.5 Å². The van der Waals surface area contributed by atoms with Crippen molar-refractivity contribution in [2.24, 2.45) is 5.90 Å². The molecule has 0 bridgehead atoms. The fraction of sp³-hybridized carbons (Fsp3) is 0.261. The summed E-state index contributed by atoms with van der Waals surface area (Å²) in [6.45, 7) is 5.99. The maximum Gasteiger partial charge on any atom is 0.257 e. The molecule has 3 N–H and O–H groups in total. The van der Waals surface area contributed by atoms with Crippen LogP contribution >= 0.6 is 11.6 Å². The Morgan fingerprint density at radius 3 is 2.65 bits per heavy atom. The number of carbonyl (C=O) groups excluding carboxylic acids is 1. The smallest absolute Gasteiger partial charge is 0.257 e. The summed E-state index contributed by atoms with van der Waals surface area (Å²) < 4.78 is 5.78. The number of aromatic nitrogens is 2. The summed E-state index contributed by atoms with van der Waals surface area (Å²) in [7, 11) is 0. The molecule has 1 atom stereocenters. The number of nitrogens with one attached hydrogen (secondary N) is 1. The van der Waals surface area contributed by atoms with E-state index in [1.54, 1.807) is 37.3 Å². The van der Waals surface area contributed by atoms with Crippen LogP contribution in [-0.4, -0.2) is 28.8 Å². The van der Waals surface area contributed by atoms with Gasteiger partial charge < -0.3 is 14.9 Å². The quantitative estimate of drug-likeness (QED) is 0.512. The predicted octanol–water partition coefficient (Wildman–Crippen LogP) is 4.08. The van der Waals surface area contributed by atoms with E-state index in [2.05, 4.69) is 21.6 Å². The van der Waals surface area contributed by atoms with E-state index >= 15 is 0 Å². The van der Waals surface area contributed by atoms with E-state index in [0.29, 0.717) is 22.9 Å². The maximum atomic E-state index is 13.1. The van der Waals surface area contributed by atoms with Gasteiger partial charge in [-0.25, -0.2) is 5.90 Å². The Kier molecular flexibility index (Phi) is 7.57. The summed E-state index contributed by atoms with van der Waals surface area (Å²) >= 11 is 6.02. The molecule has 0 fully saturated rings. The summed E-state index contributed by atoms with van der Waals surface area (Å²) in [6, 6.07) is 14.3. The van der Waals surface area contributed by atoms with Crippen molar-refractivity contribution in [1.82, 2.24) is 15.5 Å². The second kappa shape index (κ2) is 10.3. The Labute approximate surface area is 186 Å². The van der Waals surface area contributed by atoms with E-state index in [0.717, 1.165) is 11.1 Å². The summed E-state index contributed by atoms with van der Waals surface area (Å²) in [6.07, 6.45) is 0.566. The third kappa shape index (κ3) is 6.24. The Morgan fingerprint density at radius 1 is 1.13 bits per heavy atom. The molecule has 0 saturated carbocycles. The van der Waals surface area contributed by atoms with Crippen molar-refractivity contribution in [2.45, 2.75) is 33.2 Å². The fourth-order valence-corrected chi connectivity index (χ4v) is 3.41. The van der Waals surface area contributed by atoms with Gasteiger partial charge in [-0.15, -0.1) is 5.10 Å². The normalized spacial score (nSPS) is 11.8. The molecule has 3 aromatic rings. The SMILES string of the molecule is Cc1ccc(C[C@H](CON)NC(=O)c2cc(C)nnc2Oc2cccc(Cl)c2)c(C)c1. The van der Waals surface area contributed by atoms with E-state index in [1.807, 2.05) is 26.0 Å². The van der Waals surface area contributed by atoms with Gasteiger partial charge in [0, 0.05) is 5.02 Å². The van der Waals surface area contributed by atoms with Crippen molar-refractivity contribution in [3.63, 3.8) is 0 Å². The third-order valence-electron chi connectivity index (χ3n) is 4.73. The third-order valence-corrected chi connectivity index (χ3v) is 4.97. The molecule has 2 aromatic carbocycles. The zero-order chi connectivity index (χ0) is 22.4. The zero-order valence-electron chi connectivity index (χ0n) is 17.7. The summed E-state index contributed by atoms with van der Waals surface area (Å²) in [5.41, 5.74) is 4.27. The van der Waals surface area contributed by atoms with Crippen LogP contribution < -0.4 is 16.0 Å². The molecular weight excluding hydrogens is 416 g/mol. The number of hydrogen-bond donors (Lipinski definition) is 2. The molecule has 0 aliphatic heterocycles. The lowest BCUT2D eigenvalue weighted by Crippen LogP contribution is -2.41. The topological polar surface area (TPSA) is 99.4 Å². The minimum atomic E-state index is -0.359. The van der Waals surface area contributed by atoms with Crippen molar-refractivity contribution in [2.75, 3.05) is 6.61 Å². The molecule has 162 valence electrons. The molecule has 0 aliphatic carbocycles. The van der Waals surface area contributed by atoms with Gasteiger partial charge in [-0.05, 0) is 62.6 Å². The van der Waals surface area contributed by atoms with Crippen molar-refractivity contribution >= 4 is 17.5 Å². The van der Waals surface area contributed by atoms with Gasteiger partial charge in [0.2, 0.25) is 0 Å². The van der Waals surface area contributed by atoms with E-state index in [-0.39, 0.29) is 30.0 Å². The number of benzene rings is 2. The minimum absolute atomic E-state index is 0.0873. The predicted molar refractivity (Wildman–Crippen MR) is 119 cm³/mol. The van der Waals surface area contributed by atoms with Gasteiger partial charge in [-0.1, -0.05) is 41.4 Å². The van der Waals surface area contributed by atoms with Crippen LogP contribution in [0.2, 0.25) is 5.02 Å². The van der Waals surface area contributed by atoms with E-state index < -0.39 is 0 Å². The van der Waals surface area contributed by atoms with E-state index in [9.17, 15) is 4.79 Å². The number of rotatable bonds is 8. The van der Waals surface area contributed by atoms with Crippen LogP contribution in [-0.2, 0) is 11.3 Å². The first-order valence-corrected chi connectivity index (χ1v) is 10.2. The molecule has 1 heterocycles. The van der Waals surface area contributed by atoms with Gasteiger partial charge in [0.25, 0.3) is 11.8 Å². The molecule has 7 nitrogen and oxygen atoms in total. The molecule has 0 aliphatic rings. The highest BCUT2D eigenvalue weighted by Crippen LogP contribution is 2.25. The minimum Gasteiger partial charge on any atom is -0.437 e. The lowest BCUT2D eigenvalue weighted by molar-refractivity contribution is 0.0837. The second-order valence-corrected chi connectivity index (χ2v) is 7.84. The first-order valence-electron chi connectivity index (χ1n) is 9.82. The summed E-state index contributed by atoms with van der Waals surface area (Å²) in [5, 5.41) is 11.5. The number of nitrogens with two attached hydrogens (primary N) is 1. The number of hydrogen-bond acceptors (Lipinski definition) is 6. The number of amides is 1. The zero-order valence-corrected chi connectivity index (χ0v) is 18.4. The molecule has 3 rings (SSSR count). The number of nitrogens with zero attached hydrogens (tertiary/aromatic N) is 2. The highest BCUT2D eigenvalue weighted by molar-refractivity contribution is 6.30. The number of halogens is 1. The Hall–Kier alpha value is -3.00. The van der Waals surface area contributed by atoms with E-state index in [4.69, 9.17) is 27.1 Å². The Bertz CT molecular complexity index is 1070. The maximum absolute atomic E-state index is 13.1. The van der Waals surface area contributed by atoms with Crippen molar-refractivity contribution in [1.29, 1.82) is 0 Å². The first-order chi connectivity index (χ1) is 14.9. The van der Waals surface area contributed by atoms with Gasteiger partial charge in [0.15, 0.2) is 0 Å². The molecule has 1 amide bonds. The van der Waals surface area contributed by atoms with Gasteiger partial charge in [0.05, 0.1) is 18.3 Å². The van der Waals surface area contributed by atoms with Crippen LogP contribution in [0.4, 0.5) is 0 Å². The fourth-order valence-electron chi connectivity index (χ4n) is 3.23. The highest BCUT2D eigenvalue weighted by Gasteiger charge is 2.21. The van der Waals surface area contributed by atoms with Crippen molar-refractivity contribution in [3.8, 4) is 11.6 Å². The molecule has 0 radical (unpaired) electrons. The largest absolute Gasteiger partial charge is 0.437 e. The van der Waals surface area contributed by atoms with Gasteiger partial charge in [-0.2, -0.15) is 5.10 Å². The number of carbonyl (C=O) groups is 1. The molecule has 0 unspecified atom stereocenters. The van der Waals surface area contributed by atoms with Gasteiger partial charge in [-0.3, -0.25) is 4.79 Å². The van der Waals surface area contributed by atoms with Gasteiger partial charge >= 0.3 is 0 Å². The monoisotopic (exact) mass is 440 g/mol. The van der Waals surface area contributed by atoms with E-state index in [1.165, 1.54) is 5.56 Å². The molecular formula is C23H25ClN4O3. The number of aryl methyl sites for hydroxylation is 3. The first kappa shape index (κ1) is 22.7. The molecule has 0 spiro atoms. The van der Waals surface area contributed by atoms with Crippen LogP contribution in [0.25, 0.3) is 0 Å². The van der Waals surface area contributed by atoms with Crippen LogP contribution in [0, 0.1) is 20.8 Å². The molecule has 8 heteroatoms. The van der Waals surface area contributed by atoms with Gasteiger partial charge in [0.1, 0.15) is 11.3 Å². The number of ether oxygens (including phenoxy) is 1. The lowest BCUT2D eigenvalue weighted by Gasteiger charge is -2.20. The van der Waals surface area contributed by atoms with Crippen LogP contribution in [0.15, 0.2) is 48.5 Å². The molecule has 1 aromatic heterocycles. The molecule has 0 saturated heterocycles. The summed E-state index contributed by atoms with van der Waals surface area (Å²) in [4.78, 5) is 18.0. The average molecular weight is 441 g/mol. The van der Waals surface area contributed by atoms with Crippen molar-refractivity contribution < 1.29 is 14.4 Å². The molecule has 31 heavy (non-hydrogen) atoms. The second-order valence-electron chi connectivity index (χ2n) is 7.40. The standard InChI is InChI=1S/C23H25ClN4O3/c1-14-7-8-17(15(2)9-14)11-19(13-30-25)26-22(29)21-10-16(3)27-28-23(21)31-20-6-4-5-18(24)12-20/h4-10,12,19H,11,13,25H2,1-3H3,(H,26,29)/t19-/m1/s1. The van der Waals surface area contributed by atoms with Crippen LogP contribution in [0.5, 0.6) is 11.6 Å². The highest BCUT2D eigenvalue weighted by atomic mass is 35.5. The average Bonchev–Trinajstić information content (AvgIpc) is 2.71. The Morgan fingerprint density at radius 2 is 1.94 bits per heavy atom. The Balaban J connectivity index is 1.82. The summed E-state index contributed by atoms with van der Waals surface area (Å²) in [5.74, 6) is 5.50. The lowest BCUT2D eigenvalue weighted by atomic mass is 9.99. The van der Waals surface area contributed by atoms with Crippen LogP contribution in [0.3, 0.4) is 0 Å².